The molecular weight excluding hydrogens is 246 g/mol. The number of hydrogen-bond donors (Lipinski definition) is 1. The van der Waals surface area contributed by atoms with Crippen LogP contribution < -0.4 is 0 Å². The van der Waals surface area contributed by atoms with Gasteiger partial charge in [-0.2, -0.15) is 0 Å². The van der Waals surface area contributed by atoms with Crippen LogP contribution in [-0.2, 0) is 11.4 Å². The smallest absolute Gasteiger partial charge is 0.272 e. The van der Waals surface area contributed by atoms with Crippen molar-refractivity contribution in [2.45, 2.75) is 13.5 Å². The molecule has 6 heteroatoms. The van der Waals surface area contributed by atoms with Gasteiger partial charge in [-0.25, -0.2) is 4.98 Å². The number of aromatic nitrogens is 1. The molecule has 19 heavy (non-hydrogen) atoms. The number of aliphatic hydroxyl groups excluding tert-OH is 1. The van der Waals surface area contributed by atoms with Crippen LogP contribution in [0, 0.1) is 0 Å². The number of hydrogen-bond acceptors (Lipinski definition) is 4. The van der Waals surface area contributed by atoms with Crippen molar-refractivity contribution >= 4 is 11.8 Å². The first-order valence-electron chi connectivity index (χ1n) is 6.23. The molecule has 102 valence electrons. The summed E-state index contributed by atoms with van der Waals surface area (Å²) >= 11 is 0. The zero-order valence-electron chi connectivity index (χ0n) is 10.9. The molecule has 1 aromatic rings. The van der Waals surface area contributed by atoms with Gasteiger partial charge in [0.25, 0.3) is 5.91 Å². The van der Waals surface area contributed by atoms with Crippen molar-refractivity contribution in [1.82, 2.24) is 14.8 Å². The van der Waals surface area contributed by atoms with Gasteiger partial charge in [-0.3, -0.25) is 9.59 Å². The topological polar surface area (TPSA) is 73.7 Å². The highest BCUT2D eigenvalue weighted by molar-refractivity contribution is 5.92. The molecule has 2 amide bonds. The summed E-state index contributed by atoms with van der Waals surface area (Å²) in [6, 6.07) is 5.01. The Kier molecular flexibility index (Phi) is 4.11. The Morgan fingerprint density at radius 1 is 1.21 bits per heavy atom. The van der Waals surface area contributed by atoms with E-state index in [2.05, 4.69) is 4.98 Å². The SMILES string of the molecule is CC(=O)N1CCN(C(=O)c2cccc(CO)n2)CC1. The molecule has 1 fully saturated rings. The molecule has 0 aliphatic carbocycles. The van der Waals surface area contributed by atoms with Gasteiger partial charge in [0.05, 0.1) is 12.3 Å². The maximum Gasteiger partial charge on any atom is 0.272 e. The Morgan fingerprint density at radius 2 is 1.84 bits per heavy atom. The maximum absolute atomic E-state index is 12.2. The number of pyridine rings is 1. The monoisotopic (exact) mass is 263 g/mol. The van der Waals surface area contributed by atoms with Crippen molar-refractivity contribution in [3.8, 4) is 0 Å². The molecule has 0 atom stereocenters. The van der Waals surface area contributed by atoms with E-state index < -0.39 is 0 Å². The number of carbonyl (C=O) groups excluding carboxylic acids is 2. The summed E-state index contributed by atoms with van der Waals surface area (Å²) in [5, 5.41) is 9.02. The lowest BCUT2D eigenvalue weighted by Crippen LogP contribution is -2.50. The van der Waals surface area contributed by atoms with Crippen LogP contribution in [0.5, 0.6) is 0 Å². The summed E-state index contributed by atoms with van der Waals surface area (Å²) in [7, 11) is 0. The number of rotatable bonds is 2. The molecule has 1 N–H and O–H groups in total. The van der Waals surface area contributed by atoms with E-state index in [4.69, 9.17) is 5.11 Å². The number of amides is 2. The fraction of sp³-hybridized carbons (Fsp3) is 0.462. The van der Waals surface area contributed by atoms with E-state index in [1.807, 2.05) is 0 Å². The van der Waals surface area contributed by atoms with Gasteiger partial charge in [0.15, 0.2) is 0 Å². The van der Waals surface area contributed by atoms with Crippen molar-refractivity contribution in [3.05, 3.63) is 29.6 Å². The van der Waals surface area contributed by atoms with Crippen LogP contribution in [0.1, 0.15) is 23.1 Å². The summed E-state index contributed by atoms with van der Waals surface area (Å²) < 4.78 is 0. The van der Waals surface area contributed by atoms with Crippen molar-refractivity contribution in [1.29, 1.82) is 0 Å². The highest BCUT2D eigenvalue weighted by atomic mass is 16.3. The van der Waals surface area contributed by atoms with Crippen LogP contribution in [0.3, 0.4) is 0 Å². The zero-order chi connectivity index (χ0) is 13.8. The van der Waals surface area contributed by atoms with Gasteiger partial charge in [-0.15, -0.1) is 0 Å². The molecule has 0 bridgehead atoms. The molecule has 2 heterocycles. The normalized spacial score (nSPS) is 15.5. The summed E-state index contributed by atoms with van der Waals surface area (Å²) in [5.74, 6) is -0.119. The fourth-order valence-electron chi connectivity index (χ4n) is 2.07. The Balaban J connectivity index is 2.02. The fourth-order valence-corrected chi connectivity index (χ4v) is 2.07. The van der Waals surface area contributed by atoms with Gasteiger partial charge < -0.3 is 14.9 Å². The first-order valence-corrected chi connectivity index (χ1v) is 6.23. The van der Waals surface area contributed by atoms with Crippen molar-refractivity contribution in [3.63, 3.8) is 0 Å². The predicted molar refractivity (Wildman–Crippen MR) is 68.3 cm³/mol. The molecule has 2 rings (SSSR count). The molecule has 0 radical (unpaired) electrons. The Hall–Kier alpha value is -1.95. The highest BCUT2D eigenvalue weighted by Crippen LogP contribution is 2.08. The average molecular weight is 263 g/mol. The third-order valence-corrected chi connectivity index (χ3v) is 3.20. The van der Waals surface area contributed by atoms with Gasteiger partial charge in [0.2, 0.25) is 5.91 Å². The molecule has 0 aromatic carbocycles. The van der Waals surface area contributed by atoms with Gasteiger partial charge in [0.1, 0.15) is 5.69 Å². The molecule has 0 spiro atoms. The summed E-state index contributed by atoms with van der Waals surface area (Å²) in [6.45, 7) is 3.50. The number of piperazine rings is 1. The number of aliphatic hydroxyl groups is 1. The van der Waals surface area contributed by atoms with Crippen LogP contribution in [0.4, 0.5) is 0 Å². The van der Waals surface area contributed by atoms with Gasteiger partial charge in [0, 0.05) is 33.1 Å². The minimum atomic E-state index is -0.181. The lowest BCUT2D eigenvalue weighted by Gasteiger charge is -2.34. The van der Waals surface area contributed by atoms with E-state index in [9.17, 15) is 9.59 Å². The quantitative estimate of drug-likeness (QED) is 0.807. The zero-order valence-corrected chi connectivity index (χ0v) is 10.9. The third-order valence-electron chi connectivity index (χ3n) is 3.20. The van der Waals surface area contributed by atoms with Crippen molar-refractivity contribution in [2.75, 3.05) is 26.2 Å². The van der Waals surface area contributed by atoms with Crippen molar-refractivity contribution in [2.24, 2.45) is 0 Å². The van der Waals surface area contributed by atoms with Gasteiger partial charge in [-0.05, 0) is 12.1 Å². The summed E-state index contributed by atoms with van der Waals surface area (Å²) in [4.78, 5) is 30.9. The minimum absolute atomic E-state index is 0.0347. The van der Waals surface area contributed by atoms with Crippen LogP contribution in [0.2, 0.25) is 0 Å². The largest absolute Gasteiger partial charge is 0.390 e. The minimum Gasteiger partial charge on any atom is -0.390 e. The first kappa shape index (κ1) is 13.5. The summed E-state index contributed by atoms with van der Waals surface area (Å²) in [5.41, 5.74) is 0.816. The molecule has 1 saturated heterocycles. The van der Waals surface area contributed by atoms with Crippen LogP contribution in [0.15, 0.2) is 18.2 Å². The van der Waals surface area contributed by atoms with Crippen molar-refractivity contribution < 1.29 is 14.7 Å². The second-order valence-corrected chi connectivity index (χ2v) is 4.47. The Labute approximate surface area is 111 Å². The number of nitrogens with zero attached hydrogens (tertiary/aromatic N) is 3. The van der Waals surface area contributed by atoms with E-state index in [-0.39, 0.29) is 18.4 Å². The first-order chi connectivity index (χ1) is 9.11. The van der Waals surface area contributed by atoms with E-state index in [1.54, 1.807) is 28.0 Å². The Morgan fingerprint density at radius 3 is 2.42 bits per heavy atom. The van der Waals surface area contributed by atoms with E-state index in [0.717, 1.165) is 0 Å². The highest BCUT2D eigenvalue weighted by Gasteiger charge is 2.23. The lowest BCUT2D eigenvalue weighted by molar-refractivity contribution is -0.130. The Bertz CT molecular complexity index is 482. The molecule has 0 saturated carbocycles. The standard InChI is InChI=1S/C13H17N3O3/c1-10(18)15-5-7-16(8-6-15)13(19)12-4-2-3-11(9-17)14-12/h2-4,17H,5-9H2,1H3. The maximum atomic E-state index is 12.2. The molecular formula is C13H17N3O3. The second-order valence-electron chi connectivity index (χ2n) is 4.47. The lowest BCUT2D eigenvalue weighted by atomic mass is 10.2. The van der Waals surface area contributed by atoms with Crippen LogP contribution in [0.25, 0.3) is 0 Å². The molecule has 1 aliphatic rings. The van der Waals surface area contributed by atoms with Gasteiger partial charge >= 0.3 is 0 Å². The average Bonchev–Trinajstić information content (AvgIpc) is 2.46. The molecule has 6 nitrogen and oxygen atoms in total. The predicted octanol–water partition coefficient (Wildman–Crippen LogP) is -0.122. The summed E-state index contributed by atoms with van der Waals surface area (Å²) in [6.07, 6.45) is 0. The van der Waals surface area contributed by atoms with E-state index in [1.165, 1.54) is 6.92 Å². The van der Waals surface area contributed by atoms with Crippen LogP contribution >= 0.6 is 0 Å². The number of carbonyl (C=O) groups is 2. The van der Waals surface area contributed by atoms with Gasteiger partial charge in [-0.1, -0.05) is 6.07 Å². The van der Waals surface area contributed by atoms with Crippen LogP contribution in [-0.4, -0.2) is 57.9 Å². The second kappa shape index (κ2) is 5.79. The molecule has 1 aliphatic heterocycles. The molecule has 0 unspecified atom stereocenters. The third kappa shape index (κ3) is 3.08. The van der Waals surface area contributed by atoms with E-state index in [0.29, 0.717) is 37.6 Å². The molecule has 1 aromatic heterocycles. The van der Waals surface area contributed by atoms with E-state index >= 15 is 0 Å².